The van der Waals surface area contributed by atoms with Crippen LogP contribution in [0.1, 0.15) is 67.2 Å². The molecule has 4 nitrogen and oxygen atoms in total. The second kappa shape index (κ2) is 7.30. The van der Waals surface area contributed by atoms with Crippen molar-refractivity contribution in [2.45, 2.75) is 91.0 Å². The molecule has 0 saturated heterocycles. The average molecular weight is 284 g/mol. The average Bonchev–Trinajstić information content (AvgIpc) is 2.28. The summed E-state index contributed by atoms with van der Waals surface area (Å²) >= 11 is 0. The second-order valence-corrected chi connectivity index (χ2v) is 7.39. The quantitative estimate of drug-likeness (QED) is 0.831. The third-order valence-corrected chi connectivity index (χ3v) is 3.95. The number of carbonyl (C=O) groups excluding carboxylic acids is 1. The van der Waals surface area contributed by atoms with Crippen molar-refractivity contribution in [2.24, 2.45) is 5.92 Å². The smallest absolute Gasteiger partial charge is 0.407 e. The molecule has 1 atom stereocenters. The predicted octanol–water partition coefficient (Wildman–Crippen LogP) is 3.46. The fourth-order valence-electron chi connectivity index (χ4n) is 2.44. The highest BCUT2D eigenvalue weighted by atomic mass is 16.6. The Labute approximate surface area is 124 Å². The Morgan fingerprint density at radius 3 is 2.00 bits per heavy atom. The van der Waals surface area contributed by atoms with Crippen molar-refractivity contribution >= 4 is 6.09 Å². The number of nitrogens with one attached hydrogen (secondary N) is 2. The highest BCUT2D eigenvalue weighted by molar-refractivity contribution is 5.68. The lowest BCUT2D eigenvalue weighted by Crippen LogP contribution is -2.46. The summed E-state index contributed by atoms with van der Waals surface area (Å²) < 4.78 is 5.30. The Morgan fingerprint density at radius 2 is 1.55 bits per heavy atom. The lowest BCUT2D eigenvalue weighted by Gasteiger charge is -2.33. The van der Waals surface area contributed by atoms with Crippen LogP contribution in [0.15, 0.2) is 0 Å². The minimum absolute atomic E-state index is 0.261. The van der Waals surface area contributed by atoms with E-state index < -0.39 is 5.60 Å². The van der Waals surface area contributed by atoms with Crippen molar-refractivity contribution in [3.05, 3.63) is 0 Å². The normalized spacial score (nSPS) is 25.4. The van der Waals surface area contributed by atoms with E-state index in [2.05, 4.69) is 31.4 Å². The zero-order valence-electron chi connectivity index (χ0n) is 14.0. The summed E-state index contributed by atoms with van der Waals surface area (Å²) in [7, 11) is 0. The van der Waals surface area contributed by atoms with Gasteiger partial charge in [-0.3, -0.25) is 0 Å². The van der Waals surface area contributed by atoms with E-state index >= 15 is 0 Å². The largest absolute Gasteiger partial charge is 0.444 e. The van der Waals surface area contributed by atoms with Gasteiger partial charge in [-0.1, -0.05) is 13.8 Å². The number of hydrogen-bond donors (Lipinski definition) is 2. The van der Waals surface area contributed by atoms with E-state index in [4.69, 9.17) is 4.74 Å². The summed E-state index contributed by atoms with van der Waals surface area (Å²) in [4.78, 5) is 11.7. The van der Waals surface area contributed by atoms with Gasteiger partial charge in [-0.2, -0.15) is 0 Å². The molecule has 1 rings (SSSR count). The number of ether oxygens (including phenoxy) is 1. The first-order chi connectivity index (χ1) is 9.17. The molecule has 1 aliphatic rings. The molecule has 0 aromatic rings. The number of hydrogen-bond acceptors (Lipinski definition) is 3. The Bertz CT molecular complexity index is 302. The minimum Gasteiger partial charge on any atom is -0.444 e. The lowest BCUT2D eigenvalue weighted by molar-refractivity contribution is 0.0489. The van der Waals surface area contributed by atoms with Crippen molar-refractivity contribution in [3.63, 3.8) is 0 Å². The highest BCUT2D eigenvalue weighted by Crippen LogP contribution is 2.20. The van der Waals surface area contributed by atoms with Crippen LogP contribution in [0, 0.1) is 5.92 Å². The third kappa shape index (κ3) is 6.60. The van der Waals surface area contributed by atoms with Crippen LogP contribution in [0.5, 0.6) is 0 Å². The second-order valence-electron chi connectivity index (χ2n) is 7.39. The van der Waals surface area contributed by atoms with Crippen LogP contribution < -0.4 is 10.6 Å². The summed E-state index contributed by atoms with van der Waals surface area (Å²) in [5.74, 6) is 0.660. The van der Waals surface area contributed by atoms with Crippen LogP contribution in [0.3, 0.4) is 0 Å². The Kier molecular flexibility index (Phi) is 6.31. The molecule has 1 fully saturated rings. The Morgan fingerprint density at radius 1 is 1.05 bits per heavy atom. The molecule has 0 aromatic heterocycles. The molecule has 0 bridgehead atoms. The molecule has 2 N–H and O–H groups in total. The molecule has 0 aliphatic heterocycles. The molecule has 1 unspecified atom stereocenters. The first kappa shape index (κ1) is 17.3. The lowest BCUT2D eigenvalue weighted by atomic mass is 9.90. The minimum atomic E-state index is -0.421. The van der Waals surface area contributed by atoms with Gasteiger partial charge in [0.25, 0.3) is 0 Å². The van der Waals surface area contributed by atoms with Gasteiger partial charge in [0.2, 0.25) is 0 Å². The Balaban J connectivity index is 2.27. The molecule has 4 heteroatoms. The van der Waals surface area contributed by atoms with Crippen LogP contribution in [-0.2, 0) is 4.74 Å². The topological polar surface area (TPSA) is 50.4 Å². The van der Waals surface area contributed by atoms with E-state index in [9.17, 15) is 4.79 Å². The number of rotatable bonds is 4. The maximum absolute atomic E-state index is 11.7. The summed E-state index contributed by atoms with van der Waals surface area (Å²) in [5, 5.41) is 6.67. The molecular weight excluding hydrogens is 252 g/mol. The van der Waals surface area contributed by atoms with E-state index in [1.54, 1.807) is 0 Å². The highest BCUT2D eigenvalue weighted by Gasteiger charge is 2.25. The van der Waals surface area contributed by atoms with E-state index in [1.807, 2.05) is 20.8 Å². The molecule has 1 amide bonds. The van der Waals surface area contributed by atoms with Gasteiger partial charge in [0.05, 0.1) is 0 Å². The molecule has 0 aromatic carbocycles. The molecule has 0 heterocycles. The molecule has 20 heavy (non-hydrogen) atoms. The van der Waals surface area contributed by atoms with E-state index in [1.165, 1.54) is 0 Å². The van der Waals surface area contributed by atoms with Crippen molar-refractivity contribution in [2.75, 3.05) is 0 Å². The first-order valence-corrected chi connectivity index (χ1v) is 7.93. The van der Waals surface area contributed by atoms with Crippen molar-refractivity contribution < 1.29 is 9.53 Å². The summed E-state index contributed by atoms with van der Waals surface area (Å²) in [6, 6.07) is 1.40. The maximum Gasteiger partial charge on any atom is 0.407 e. The number of alkyl carbamates (subject to hydrolysis) is 1. The molecule has 1 saturated carbocycles. The van der Waals surface area contributed by atoms with Gasteiger partial charge in [-0.15, -0.1) is 0 Å². The zero-order chi connectivity index (χ0) is 15.3. The van der Waals surface area contributed by atoms with Crippen molar-refractivity contribution in [3.8, 4) is 0 Å². The monoisotopic (exact) mass is 284 g/mol. The van der Waals surface area contributed by atoms with Gasteiger partial charge in [-0.25, -0.2) is 4.79 Å². The van der Waals surface area contributed by atoms with Crippen LogP contribution in [0.4, 0.5) is 4.79 Å². The summed E-state index contributed by atoms with van der Waals surface area (Å²) in [5.41, 5.74) is -0.421. The number of amides is 1. The predicted molar refractivity (Wildman–Crippen MR) is 82.8 cm³/mol. The summed E-state index contributed by atoms with van der Waals surface area (Å²) in [6.07, 6.45) is 4.02. The van der Waals surface area contributed by atoms with Gasteiger partial charge >= 0.3 is 6.09 Å². The Hall–Kier alpha value is -0.770. The number of carbonyl (C=O) groups is 1. The third-order valence-electron chi connectivity index (χ3n) is 3.95. The van der Waals surface area contributed by atoms with Gasteiger partial charge in [0.15, 0.2) is 0 Å². The van der Waals surface area contributed by atoms with Crippen LogP contribution in [0.2, 0.25) is 0 Å². The van der Waals surface area contributed by atoms with Crippen molar-refractivity contribution in [1.29, 1.82) is 0 Å². The van der Waals surface area contributed by atoms with Gasteiger partial charge in [0, 0.05) is 18.1 Å². The fourth-order valence-corrected chi connectivity index (χ4v) is 2.44. The van der Waals surface area contributed by atoms with Gasteiger partial charge < -0.3 is 15.4 Å². The first-order valence-electron chi connectivity index (χ1n) is 7.93. The molecular formula is C16H32N2O2. The standard InChI is InChI=1S/C16H32N2O2/c1-11(2)12(3)17-13-7-9-14(10-8-13)18-15(19)20-16(4,5)6/h11-14,17H,7-10H2,1-6H3,(H,18,19). The van der Waals surface area contributed by atoms with E-state index in [0.717, 1.165) is 25.7 Å². The molecule has 0 spiro atoms. The van der Waals surface area contributed by atoms with Gasteiger partial charge in [-0.05, 0) is 59.3 Å². The van der Waals surface area contributed by atoms with Gasteiger partial charge in [0.1, 0.15) is 5.60 Å². The SMILES string of the molecule is CC(C)C(C)NC1CCC(NC(=O)OC(C)(C)C)CC1. The zero-order valence-corrected chi connectivity index (χ0v) is 14.0. The maximum atomic E-state index is 11.7. The van der Waals surface area contributed by atoms with E-state index in [-0.39, 0.29) is 12.1 Å². The molecule has 0 radical (unpaired) electrons. The van der Waals surface area contributed by atoms with Crippen LogP contribution in [-0.4, -0.2) is 29.8 Å². The summed E-state index contributed by atoms with van der Waals surface area (Å²) in [6.45, 7) is 12.4. The molecule has 118 valence electrons. The van der Waals surface area contributed by atoms with Crippen molar-refractivity contribution in [1.82, 2.24) is 10.6 Å². The molecule has 1 aliphatic carbocycles. The van der Waals surface area contributed by atoms with Crippen LogP contribution >= 0.6 is 0 Å². The van der Waals surface area contributed by atoms with Crippen LogP contribution in [0.25, 0.3) is 0 Å². The van der Waals surface area contributed by atoms with E-state index in [0.29, 0.717) is 18.0 Å². The fraction of sp³-hybridized carbons (Fsp3) is 0.938.